The first-order valence-corrected chi connectivity index (χ1v) is 6.83. The van der Waals surface area contributed by atoms with Crippen LogP contribution in [0.25, 0.3) is 0 Å². The molecule has 0 aliphatic heterocycles. The van der Waals surface area contributed by atoms with Crippen LogP contribution in [0.4, 0.5) is 0 Å². The van der Waals surface area contributed by atoms with E-state index in [4.69, 9.17) is 4.74 Å². The molecule has 0 aliphatic carbocycles. The average molecular weight is 233 g/mol. The molecule has 0 bridgehead atoms. The van der Waals surface area contributed by atoms with Gasteiger partial charge in [-0.05, 0) is 37.3 Å². The number of thioether (sulfide) groups is 1. The zero-order valence-corrected chi connectivity index (χ0v) is 11.0. The molecule has 0 aromatic rings. The number of ether oxygens (including phenoxy) is 1. The predicted octanol–water partition coefficient (Wildman–Crippen LogP) is 1.92. The van der Waals surface area contributed by atoms with E-state index < -0.39 is 0 Å². The molecule has 3 nitrogen and oxygen atoms in total. The Bertz CT molecular complexity index is 174. The first kappa shape index (κ1) is 14.8. The van der Waals surface area contributed by atoms with E-state index in [1.54, 1.807) is 0 Å². The molecule has 0 saturated carbocycles. The largest absolute Gasteiger partial charge is 0.468 e. The van der Waals surface area contributed by atoms with Gasteiger partial charge in [0.15, 0.2) is 0 Å². The molecule has 1 atom stereocenters. The zero-order valence-electron chi connectivity index (χ0n) is 10.2. The van der Waals surface area contributed by atoms with E-state index in [9.17, 15) is 4.79 Å². The van der Waals surface area contributed by atoms with E-state index >= 15 is 0 Å². The number of unbranched alkanes of at least 4 members (excludes halogenated alkanes) is 1. The summed E-state index contributed by atoms with van der Waals surface area (Å²) in [6.07, 6.45) is 4.42. The Balaban J connectivity index is 3.72. The lowest BCUT2D eigenvalue weighted by molar-refractivity contribution is -0.144. The monoisotopic (exact) mass is 233 g/mol. The Hall–Kier alpha value is -0.220. The summed E-state index contributed by atoms with van der Waals surface area (Å²) in [5, 5.41) is 3.24. The molecule has 0 aromatic carbocycles. The molecule has 15 heavy (non-hydrogen) atoms. The maximum Gasteiger partial charge on any atom is 0.323 e. The molecule has 0 aliphatic rings. The van der Waals surface area contributed by atoms with E-state index in [1.807, 2.05) is 25.6 Å². The molecule has 1 unspecified atom stereocenters. The van der Waals surface area contributed by atoms with Crippen LogP contribution < -0.4 is 5.32 Å². The SMILES string of the molecule is COC(=O)C(NCCCCSC)C(C)C. The first-order valence-electron chi connectivity index (χ1n) is 5.43. The van der Waals surface area contributed by atoms with Crippen molar-refractivity contribution < 1.29 is 9.53 Å². The van der Waals surface area contributed by atoms with Crippen molar-refractivity contribution in [3.05, 3.63) is 0 Å². The van der Waals surface area contributed by atoms with Crippen LogP contribution in [0, 0.1) is 5.92 Å². The number of methoxy groups -OCH3 is 1. The molecule has 0 radical (unpaired) electrons. The van der Waals surface area contributed by atoms with Gasteiger partial charge < -0.3 is 10.1 Å². The van der Waals surface area contributed by atoms with Gasteiger partial charge in [0.1, 0.15) is 6.04 Å². The third kappa shape index (κ3) is 6.79. The highest BCUT2D eigenvalue weighted by Gasteiger charge is 2.21. The van der Waals surface area contributed by atoms with Crippen molar-refractivity contribution in [1.82, 2.24) is 5.32 Å². The quantitative estimate of drug-likeness (QED) is 0.513. The fourth-order valence-electron chi connectivity index (χ4n) is 1.35. The summed E-state index contributed by atoms with van der Waals surface area (Å²) in [7, 11) is 1.44. The number of nitrogens with one attached hydrogen (secondary N) is 1. The summed E-state index contributed by atoms with van der Waals surface area (Å²) in [6, 6.07) is -0.163. The van der Waals surface area contributed by atoms with E-state index in [2.05, 4.69) is 11.6 Å². The molecule has 90 valence electrons. The summed E-state index contributed by atoms with van der Waals surface area (Å²) in [6.45, 7) is 4.94. The van der Waals surface area contributed by atoms with Crippen LogP contribution in [0.1, 0.15) is 26.7 Å². The van der Waals surface area contributed by atoms with Gasteiger partial charge >= 0.3 is 5.97 Å². The van der Waals surface area contributed by atoms with Gasteiger partial charge in [0.2, 0.25) is 0 Å². The Morgan fingerprint density at radius 1 is 1.40 bits per heavy atom. The number of carbonyl (C=O) groups excluding carboxylic acids is 1. The third-order valence-corrected chi connectivity index (χ3v) is 2.96. The Labute approximate surface area is 97.3 Å². The van der Waals surface area contributed by atoms with E-state index in [1.165, 1.54) is 19.3 Å². The molecule has 0 saturated heterocycles. The van der Waals surface area contributed by atoms with Gasteiger partial charge in [0.25, 0.3) is 0 Å². The lowest BCUT2D eigenvalue weighted by atomic mass is 10.0. The van der Waals surface area contributed by atoms with Crippen LogP contribution in [0.5, 0.6) is 0 Å². The van der Waals surface area contributed by atoms with Crippen molar-refractivity contribution in [1.29, 1.82) is 0 Å². The summed E-state index contributed by atoms with van der Waals surface area (Å²) in [4.78, 5) is 11.4. The van der Waals surface area contributed by atoms with Crippen LogP contribution in [0.3, 0.4) is 0 Å². The normalized spacial score (nSPS) is 12.9. The van der Waals surface area contributed by atoms with E-state index in [0.29, 0.717) is 0 Å². The Morgan fingerprint density at radius 2 is 2.07 bits per heavy atom. The van der Waals surface area contributed by atoms with Crippen LogP contribution in [0.15, 0.2) is 0 Å². The second-order valence-corrected chi connectivity index (χ2v) is 4.88. The first-order chi connectivity index (χ1) is 7.13. The Kier molecular flexibility index (Phi) is 8.91. The minimum atomic E-state index is -0.163. The minimum absolute atomic E-state index is 0.158. The van der Waals surface area contributed by atoms with Crippen molar-refractivity contribution >= 4 is 17.7 Å². The summed E-state index contributed by atoms with van der Waals surface area (Å²) in [5.74, 6) is 1.31. The fourth-order valence-corrected chi connectivity index (χ4v) is 1.84. The van der Waals surface area contributed by atoms with Crippen LogP contribution in [0.2, 0.25) is 0 Å². The van der Waals surface area contributed by atoms with E-state index in [0.717, 1.165) is 13.0 Å². The zero-order chi connectivity index (χ0) is 11.7. The molecular formula is C11H23NO2S. The molecule has 1 N–H and O–H groups in total. The molecule has 0 heterocycles. The van der Waals surface area contributed by atoms with Gasteiger partial charge in [0, 0.05) is 0 Å². The van der Waals surface area contributed by atoms with Gasteiger partial charge in [-0.25, -0.2) is 0 Å². The van der Waals surface area contributed by atoms with Gasteiger partial charge in [-0.2, -0.15) is 11.8 Å². The molecule has 0 rings (SSSR count). The van der Waals surface area contributed by atoms with Crippen LogP contribution in [-0.4, -0.2) is 37.7 Å². The van der Waals surface area contributed by atoms with Crippen molar-refractivity contribution in [2.75, 3.05) is 25.7 Å². The highest BCUT2D eigenvalue weighted by Crippen LogP contribution is 2.04. The predicted molar refractivity (Wildman–Crippen MR) is 66.3 cm³/mol. The summed E-state index contributed by atoms with van der Waals surface area (Å²) >= 11 is 1.86. The smallest absolute Gasteiger partial charge is 0.323 e. The highest BCUT2D eigenvalue weighted by atomic mass is 32.2. The molecule has 0 amide bonds. The van der Waals surface area contributed by atoms with E-state index in [-0.39, 0.29) is 17.9 Å². The maximum atomic E-state index is 11.4. The number of hydrogen-bond donors (Lipinski definition) is 1. The van der Waals surface area contributed by atoms with Gasteiger partial charge in [-0.1, -0.05) is 13.8 Å². The topological polar surface area (TPSA) is 38.3 Å². The molecule has 0 fully saturated rings. The number of esters is 1. The number of rotatable bonds is 8. The molecule has 4 heteroatoms. The lowest BCUT2D eigenvalue weighted by Crippen LogP contribution is -2.42. The average Bonchev–Trinajstić information content (AvgIpc) is 2.22. The summed E-state index contributed by atoms with van der Waals surface area (Å²) < 4.78 is 4.75. The van der Waals surface area contributed by atoms with Crippen molar-refractivity contribution in [3.63, 3.8) is 0 Å². The highest BCUT2D eigenvalue weighted by molar-refractivity contribution is 7.98. The molecular weight excluding hydrogens is 210 g/mol. The fraction of sp³-hybridized carbons (Fsp3) is 0.909. The van der Waals surface area contributed by atoms with Gasteiger partial charge in [-0.15, -0.1) is 0 Å². The molecule has 0 aromatic heterocycles. The van der Waals surface area contributed by atoms with Crippen LogP contribution in [-0.2, 0) is 9.53 Å². The van der Waals surface area contributed by atoms with Gasteiger partial charge in [-0.3, -0.25) is 4.79 Å². The maximum absolute atomic E-state index is 11.4. The lowest BCUT2D eigenvalue weighted by Gasteiger charge is -2.19. The third-order valence-electron chi connectivity index (χ3n) is 2.26. The van der Waals surface area contributed by atoms with Crippen molar-refractivity contribution in [3.8, 4) is 0 Å². The standard InChI is InChI=1S/C11H23NO2S/c1-9(2)10(11(13)14-3)12-7-5-6-8-15-4/h9-10,12H,5-8H2,1-4H3. The molecule has 0 spiro atoms. The number of hydrogen-bond acceptors (Lipinski definition) is 4. The van der Waals surface area contributed by atoms with Crippen molar-refractivity contribution in [2.24, 2.45) is 5.92 Å². The van der Waals surface area contributed by atoms with Crippen LogP contribution >= 0.6 is 11.8 Å². The van der Waals surface area contributed by atoms with Crippen molar-refractivity contribution in [2.45, 2.75) is 32.7 Å². The second-order valence-electron chi connectivity index (χ2n) is 3.90. The van der Waals surface area contributed by atoms with Gasteiger partial charge in [0.05, 0.1) is 7.11 Å². The Morgan fingerprint density at radius 3 is 2.53 bits per heavy atom. The summed E-state index contributed by atoms with van der Waals surface area (Å²) in [5.41, 5.74) is 0. The minimum Gasteiger partial charge on any atom is -0.468 e. The number of carbonyl (C=O) groups is 1. The second kappa shape index (κ2) is 9.04.